The predicted molar refractivity (Wildman–Crippen MR) is 101 cm³/mol. The van der Waals surface area contributed by atoms with Crippen LogP contribution in [0.15, 0.2) is 12.5 Å². The Balaban J connectivity index is 2.94. The number of H-pyrrole nitrogens is 1. The third-order valence-electron chi connectivity index (χ3n) is 4.11. The third kappa shape index (κ3) is 7.50. The van der Waals surface area contributed by atoms with E-state index in [0.29, 0.717) is 5.69 Å². The lowest BCUT2D eigenvalue weighted by molar-refractivity contribution is -0.145. The fourth-order valence-electron chi connectivity index (χ4n) is 2.50. The summed E-state index contributed by atoms with van der Waals surface area (Å²) in [7, 11) is 0. The lowest BCUT2D eigenvalue weighted by Crippen LogP contribution is -2.59. The van der Waals surface area contributed by atoms with Crippen molar-refractivity contribution < 1.29 is 29.4 Å². The molecule has 29 heavy (non-hydrogen) atoms. The quantitative estimate of drug-likeness (QED) is 0.206. The van der Waals surface area contributed by atoms with E-state index in [0.717, 1.165) is 0 Å². The van der Waals surface area contributed by atoms with Crippen LogP contribution in [0.25, 0.3) is 0 Å². The van der Waals surface area contributed by atoms with E-state index in [1.165, 1.54) is 19.4 Å². The van der Waals surface area contributed by atoms with E-state index < -0.39 is 53.8 Å². The van der Waals surface area contributed by atoms with Crippen molar-refractivity contribution >= 4 is 23.7 Å². The van der Waals surface area contributed by atoms with Crippen LogP contribution in [-0.4, -0.2) is 74.6 Å². The number of rotatable bonds is 11. The van der Waals surface area contributed by atoms with Crippen molar-refractivity contribution in [1.29, 1.82) is 0 Å². The highest BCUT2D eigenvalue weighted by Gasteiger charge is 2.32. The number of carboxylic acid groups (broad SMARTS) is 1. The predicted octanol–water partition coefficient (Wildman–Crippen LogP) is -2.51. The van der Waals surface area contributed by atoms with Gasteiger partial charge in [0.1, 0.15) is 12.1 Å². The molecule has 0 aliphatic rings. The number of imidazole rings is 1. The molecule has 0 spiro atoms. The Morgan fingerprint density at radius 2 is 1.72 bits per heavy atom. The van der Waals surface area contributed by atoms with Crippen molar-refractivity contribution in [2.75, 3.05) is 6.54 Å². The second-order valence-corrected chi connectivity index (χ2v) is 6.90. The van der Waals surface area contributed by atoms with Gasteiger partial charge in [-0.3, -0.25) is 14.4 Å². The van der Waals surface area contributed by atoms with Crippen molar-refractivity contribution in [2.24, 2.45) is 11.7 Å². The van der Waals surface area contributed by atoms with Crippen LogP contribution >= 0.6 is 0 Å². The average molecular weight is 412 g/mol. The molecule has 0 aliphatic carbocycles. The molecular formula is C17H28N6O6. The molecule has 4 unspecified atom stereocenters. The summed E-state index contributed by atoms with van der Waals surface area (Å²) < 4.78 is 0. The van der Waals surface area contributed by atoms with Crippen LogP contribution in [0.4, 0.5) is 0 Å². The van der Waals surface area contributed by atoms with Crippen molar-refractivity contribution in [3.05, 3.63) is 18.2 Å². The number of amides is 3. The van der Waals surface area contributed by atoms with E-state index in [2.05, 4.69) is 25.9 Å². The summed E-state index contributed by atoms with van der Waals surface area (Å²) >= 11 is 0. The van der Waals surface area contributed by atoms with E-state index in [4.69, 9.17) is 10.8 Å². The molecule has 0 fully saturated rings. The van der Waals surface area contributed by atoms with Crippen molar-refractivity contribution in [3.63, 3.8) is 0 Å². The number of carbonyl (C=O) groups excluding carboxylic acids is 3. The topological polar surface area (TPSA) is 200 Å². The largest absolute Gasteiger partial charge is 0.480 e. The van der Waals surface area contributed by atoms with Gasteiger partial charge in [-0.25, -0.2) is 9.78 Å². The number of nitrogens with one attached hydrogen (secondary N) is 4. The number of hydrogen-bond donors (Lipinski definition) is 7. The minimum absolute atomic E-state index is 0.0788. The molecule has 12 heteroatoms. The lowest BCUT2D eigenvalue weighted by atomic mass is 10.0. The number of aliphatic carboxylic acids is 1. The molecule has 1 aromatic rings. The van der Waals surface area contributed by atoms with Crippen LogP contribution in [-0.2, 0) is 25.6 Å². The fourth-order valence-corrected chi connectivity index (χ4v) is 2.50. The first-order valence-electron chi connectivity index (χ1n) is 9.05. The summed E-state index contributed by atoms with van der Waals surface area (Å²) in [4.78, 5) is 54.8. The minimum atomic E-state index is -1.53. The first kappa shape index (κ1) is 24.0. The van der Waals surface area contributed by atoms with E-state index in [1.54, 1.807) is 13.8 Å². The van der Waals surface area contributed by atoms with Crippen LogP contribution in [0, 0.1) is 5.92 Å². The molecule has 1 rings (SSSR count). The summed E-state index contributed by atoms with van der Waals surface area (Å²) in [5.74, 6) is -3.79. The summed E-state index contributed by atoms with van der Waals surface area (Å²) in [6, 6.07) is -3.66. The number of nitrogens with two attached hydrogens (primary N) is 1. The van der Waals surface area contributed by atoms with Gasteiger partial charge in [-0.1, -0.05) is 13.8 Å². The Kier molecular flexibility index (Phi) is 9.22. The molecule has 0 aromatic carbocycles. The first-order chi connectivity index (χ1) is 13.6. The summed E-state index contributed by atoms with van der Waals surface area (Å²) in [6.45, 7) is 4.22. The van der Waals surface area contributed by atoms with Crippen LogP contribution in [0.1, 0.15) is 26.5 Å². The number of aromatic amines is 1. The smallest absolute Gasteiger partial charge is 0.328 e. The molecular weight excluding hydrogens is 384 g/mol. The zero-order valence-electron chi connectivity index (χ0n) is 16.5. The highest BCUT2D eigenvalue weighted by molar-refractivity contribution is 5.93. The van der Waals surface area contributed by atoms with Crippen LogP contribution < -0.4 is 21.7 Å². The highest BCUT2D eigenvalue weighted by Crippen LogP contribution is 2.06. The highest BCUT2D eigenvalue weighted by atomic mass is 16.4. The number of aliphatic hydroxyl groups is 1. The Hall–Kier alpha value is -2.99. The third-order valence-corrected chi connectivity index (χ3v) is 4.11. The molecule has 3 amide bonds. The number of carbonyl (C=O) groups is 4. The molecule has 0 saturated carbocycles. The molecule has 0 aliphatic heterocycles. The molecule has 1 heterocycles. The lowest BCUT2D eigenvalue weighted by Gasteiger charge is -2.27. The second kappa shape index (κ2) is 11.1. The Bertz CT molecular complexity index is 705. The maximum atomic E-state index is 12.7. The molecule has 0 bridgehead atoms. The summed E-state index contributed by atoms with van der Waals surface area (Å²) in [5.41, 5.74) is 5.87. The average Bonchev–Trinajstić information content (AvgIpc) is 3.15. The second-order valence-electron chi connectivity index (χ2n) is 6.90. The number of hydrogen-bond acceptors (Lipinski definition) is 7. The molecule has 12 nitrogen and oxygen atoms in total. The minimum Gasteiger partial charge on any atom is -0.480 e. The normalized spacial score (nSPS) is 15.1. The van der Waals surface area contributed by atoms with Gasteiger partial charge in [0.05, 0.1) is 19.0 Å². The number of aromatic nitrogens is 2. The van der Waals surface area contributed by atoms with E-state index in [9.17, 15) is 24.3 Å². The Labute approximate surface area is 167 Å². The molecule has 162 valence electrons. The van der Waals surface area contributed by atoms with Crippen molar-refractivity contribution in [3.8, 4) is 0 Å². The van der Waals surface area contributed by atoms with Crippen LogP contribution in [0.2, 0.25) is 0 Å². The van der Waals surface area contributed by atoms with Gasteiger partial charge in [-0.05, 0) is 12.8 Å². The number of aliphatic hydroxyl groups excluding tert-OH is 1. The summed E-state index contributed by atoms with van der Waals surface area (Å²) in [6.07, 6.45) is 1.65. The zero-order valence-corrected chi connectivity index (χ0v) is 16.5. The van der Waals surface area contributed by atoms with Gasteiger partial charge in [0.2, 0.25) is 17.7 Å². The van der Waals surface area contributed by atoms with Gasteiger partial charge < -0.3 is 36.9 Å². The fraction of sp³-hybridized carbons (Fsp3) is 0.588. The van der Waals surface area contributed by atoms with Gasteiger partial charge >= 0.3 is 5.97 Å². The monoisotopic (exact) mass is 412 g/mol. The number of nitrogens with zero attached hydrogens (tertiary/aromatic N) is 1. The standard InChI is InChI=1S/C17H28N6O6/c1-8(2)13(16(27)23-14(9(3)24)17(28)29)22-15(26)11(21-12(25)5-18)4-10-6-19-7-20-10/h6-9,11,13-14,24H,4-5,18H2,1-3H3,(H,19,20)(H,21,25)(H,22,26)(H,23,27)(H,28,29). The molecule has 8 N–H and O–H groups in total. The first-order valence-corrected chi connectivity index (χ1v) is 9.05. The maximum absolute atomic E-state index is 12.7. The van der Waals surface area contributed by atoms with Gasteiger partial charge in [-0.15, -0.1) is 0 Å². The molecule has 4 atom stereocenters. The molecule has 0 radical (unpaired) electrons. The van der Waals surface area contributed by atoms with Gasteiger partial charge in [0, 0.05) is 18.3 Å². The number of carboxylic acids is 1. The van der Waals surface area contributed by atoms with Gasteiger partial charge in [-0.2, -0.15) is 0 Å². The van der Waals surface area contributed by atoms with E-state index >= 15 is 0 Å². The van der Waals surface area contributed by atoms with Crippen molar-refractivity contribution in [1.82, 2.24) is 25.9 Å². The Morgan fingerprint density at radius 3 is 2.17 bits per heavy atom. The molecule has 0 saturated heterocycles. The SMILES string of the molecule is CC(C)C(NC(=O)C(Cc1cnc[nH]1)NC(=O)CN)C(=O)NC(C(=O)O)C(C)O. The van der Waals surface area contributed by atoms with Crippen LogP contribution in [0.3, 0.4) is 0 Å². The Morgan fingerprint density at radius 1 is 1.10 bits per heavy atom. The van der Waals surface area contributed by atoms with Gasteiger partial charge in [0.15, 0.2) is 6.04 Å². The maximum Gasteiger partial charge on any atom is 0.328 e. The van der Waals surface area contributed by atoms with E-state index in [-0.39, 0.29) is 13.0 Å². The van der Waals surface area contributed by atoms with Crippen molar-refractivity contribution in [2.45, 2.75) is 51.4 Å². The van der Waals surface area contributed by atoms with E-state index in [1.807, 2.05) is 0 Å². The van der Waals surface area contributed by atoms with Crippen LogP contribution in [0.5, 0.6) is 0 Å². The molecule has 1 aromatic heterocycles. The summed E-state index contributed by atoms with van der Waals surface area (Å²) in [5, 5.41) is 25.9. The zero-order chi connectivity index (χ0) is 22.1. The van der Waals surface area contributed by atoms with Gasteiger partial charge in [0.25, 0.3) is 0 Å².